The molecule has 0 saturated heterocycles. The van der Waals surface area contributed by atoms with Crippen LogP contribution in [-0.4, -0.2) is 28.6 Å². The van der Waals surface area contributed by atoms with Crippen LogP contribution in [-0.2, 0) is 11.2 Å². The van der Waals surface area contributed by atoms with Crippen LogP contribution in [0.5, 0.6) is 0 Å². The Morgan fingerprint density at radius 3 is 2.80 bits per heavy atom. The number of nitrogens with one attached hydrogen (secondary N) is 1. The summed E-state index contributed by atoms with van der Waals surface area (Å²) in [6.07, 6.45) is -0.321. The largest absolute Gasteiger partial charge is 0.399 e. The predicted octanol–water partition coefficient (Wildman–Crippen LogP) is 1.43. The summed E-state index contributed by atoms with van der Waals surface area (Å²) in [6, 6.07) is 7.47. The van der Waals surface area contributed by atoms with E-state index in [9.17, 15) is 4.79 Å². The highest BCUT2D eigenvalue weighted by Crippen LogP contribution is 2.24. The molecule has 5 nitrogen and oxygen atoms in total. The maximum absolute atomic E-state index is 11.6. The van der Waals surface area contributed by atoms with Crippen LogP contribution in [0.1, 0.15) is 12.6 Å². The van der Waals surface area contributed by atoms with Crippen molar-refractivity contribution in [1.29, 1.82) is 0 Å². The molecule has 106 valence electrons. The first-order valence-electron chi connectivity index (χ1n) is 6.29. The van der Waals surface area contributed by atoms with Gasteiger partial charge in [-0.3, -0.25) is 4.79 Å². The van der Waals surface area contributed by atoms with E-state index < -0.39 is 6.10 Å². The van der Waals surface area contributed by atoms with Gasteiger partial charge >= 0.3 is 0 Å². The molecule has 0 radical (unpaired) electrons. The van der Waals surface area contributed by atoms with Gasteiger partial charge in [0.05, 0.1) is 18.2 Å². The molecule has 1 heterocycles. The van der Waals surface area contributed by atoms with E-state index in [1.165, 1.54) is 11.3 Å². The van der Waals surface area contributed by atoms with Crippen molar-refractivity contribution in [2.24, 2.45) is 0 Å². The fraction of sp³-hybridized carbons (Fsp3) is 0.286. The molecule has 1 atom stereocenters. The summed E-state index contributed by atoms with van der Waals surface area (Å²) in [5.41, 5.74) is 8.07. The Kier molecular flexibility index (Phi) is 4.70. The number of nitrogen functional groups attached to an aromatic ring is 1. The Labute approximate surface area is 121 Å². The average Bonchev–Trinajstić information content (AvgIpc) is 2.85. The minimum Gasteiger partial charge on any atom is -0.399 e. The third-order valence-corrected chi connectivity index (χ3v) is 3.59. The number of rotatable bonds is 5. The van der Waals surface area contributed by atoms with Gasteiger partial charge in [0.2, 0.25) is 5.91 Å². The molecular formula is C14H17N3O2S. The summed E-state index contributed by atoms with van der Waals surface area (Å²) < 4.78 is 0. The van der Waals surface area contributed by atoms with E-state index in [1.807, 2.05) is 29.6 Å². The van der Waals surface area contributed by atoms with Gasteiger partial charge in [-0.25, -0.2) is 4.98 Å². The minimum atomic E-state index is -0.542. The molecule has 6 heteroatoms. The number of hydrogen-bond donors (Lipinski definition) is 3. The molecule has 1 amide bonds. The van der Waals surface area contributed by atoms with E-state index in [2.05, 4.69) is 10.3 Å². The Hall–Kier alpha value is -1.92. The van der Waals surface area contributed by atoms with E-state index in [4.69, 9.17) is 10.8 Å². The van der Waals surface area contributed by atoms with Gasteiger partial charge in [0.25, 0.3) is 0 Å². The summed E-state index contributed by atoms with van der Waals surface area (Å²) in [5.74, 6) is -0.139. The van der Waals surface area contributed by atoms with Crippen LogP contribution in [0.25, 0.3) is 10.6 Å². The van der Waals surface area contributed by atoms with Crippen molar-refractivity contribution in [2.75, 3.05) is 12.3 Å². The van der Waals surface area contributed by atoms with Crippen LogP contribution in [0.15, 0.2) is 29.6 Å². The van der Waals surface area contributed by atoms with Gasteiger partial charge in [-0.15, -0.1) is 11.3 Å². The lowest BCUT2D eigenvalue weighted by atomic mass is 10.2. The molecule has 1 unspecified atom stereocenters. The predicted molar refractivity (Wildman–Crippen MR) is 80.4 cm³/mol. The van der Waals surface area contributed by atoms with Crippen molar-refractivity contribution >= 4 is 22.9 Å². The molecule has 4 N–H and O–H groups in total. The molecule has 0 aliphatic carbocycles. The van der Waals surface area contributed by atoms with E-state index in [-0.39, 0.29) is 18.9 Å². The van der Waals surface area contributed by atoms with Gasteiger partial charge in [-0.05, 0) is 31.2 Å². The Morgan fingerprint density at radius 1 is 1.45 bits per heavy atom. The Bertz CT molecular complexity index is 578. The second-order valence-electron chi connectivity index (χ2n) is 4.60. The summed E-state index contributed by atoms with van der Waals surface area (Å²) >= 11 is 1.49. The lowest BCUT2D eigenvalue weighted by molar-refractivity contribution is -0.120. The highest BCUT2D eigenvalue weighted by molar-refractivity contribution is 7.13. The Morgan fingerprint density at radius 2 is 2.15 bits per heavy atom. The van der Waals surface area contributed by atoms with Crippen LogP contribution >= 0.6 is 11.3 Å². The maximum Gasteiger partial charge on any atom is 0.226 e. The number of aliphatic hydroxyl groups excluding tert-OH is 1. The third-order valence-electron chi connectivity index (χ3n) is 2.65. The van der Waals surface area contributed by atoms with Gasteiger partial charge in [-0.2, -0.15) is 0 Å². The van der Waals surface area contributed by atoms with Crippen molar-refractivity contribution in [3.05, 3.63) is 35.3 Å². The molecule has 0 aliphatic heterocycles. The standard InChI is InChI=1S/C14H17N3O2S/c1-9(18)7-16-13(19)6-12-8-20-14(17-12)10-2-4-11(15)5-3-10/h2-5,8-9,18H,6-7,15H2,1H3,(H,16,19). The van der Waals surface area contributed by atoms with Crippen LogP contribution in [0.2, 0.25) is 0 Å². The van der Waals surface area contributed by atoms with Crippen LogP contribution < -0.4 is 11.1 Å². The molecule has 20 heavy (non-hydrogen) atoms. The molecule has 0 saturated carbocycles. The molecule has 2 aromatic rings. The normalized spacial score (nSPS) is 12.1. The number of nitrogens with zero attached hydrogens (tertiary/aromatic N) is 1. The first kappa shape index (κ1) is 14.5. The van der Waals surface area contributed by atoms with Crippen molar-refractivity contribution < 1.29 is 9.90 Å². The van der Waals surface area contributed by atoms with Crippen LogP contribution in [0.3, 0.4) is 0 Å². The molecular weight excluding hydrogens is 274 g/mol. The zero-order chi connectivity index (χ0) is 14.5. The van der Waals surface area contributed by atoms with Crippen LogP contribution in [0, 0.1) is 0 Å². The fourth-order valence-corrected chi connectivity index (χ4v) is 2.46. The molecule has 1 aromatic heterocycles. The van der Waals surface area contributed by atoms with Gasteiger partial charge in [0, 0.05) is 23.2 Å². The summed E-state index contributed by atoms with van der Waals surface area (Å²) in [5, 5.41) is 14.5. The summed E-state index contributed by atoms with van der Waals surface area (Å²) in [7, 11) is 0. The highest BCUT2D eigenvalue weighted by Gasteiger charge is 2.09. The van der Waals surface area contributed by atoms with Gasteiger partial charge < -0.3 is 16.2 Å². The molecule has 0 bridgehead atoms. The maximum atomic E-state index is 11.6. The van der Waals surface area contributed by atoms with Crippen molar-refractivity contribution in [2.45, 2.75) is 19.4 Å². The molecule has 0 fully saturated rings. The van der Waals surface area contributed by atoms with Crippen molar-refractivity contribution in [3.8, 4) is 10.6 Å². The number of anilines is 1. The monoisotopic (exact) mass is 291 g/mol. The van der Waals surface area contributed by atoms with Crippen molar-refractivity contribution in [1.82, 2.24) is 10.3 Å². The molecule has 0 spiro atoms. The second-order valence-corrected chi connectivity index (χ2v) is 5.45. The number of carbonyl (C=O) groups excluding carboxylic acids is 1. The lowest BCUT2D eigenvalue weighted by Crippen LogP contribution is -2.31. The van der Waals surface area contributed by atoms with Crippen LogP contribution in [0.4, 0.5) is 5.69 Å². The average molecular weight is 291 g/mol. The zero-order valence-electron chi connectivity index (χ0n) is 11.2. The second kappa shape index (κ2) is 6.49. The first-order valence-corrected chi connectivity index (χ1v) is 7.17. The Balaban J connectivity index is 1.98. The first-order chi connectivity index (χ1) is 9.54. The van der Waals surface area contributed by atoms with E-state index in [0.29, 0.717) is 5.69 Å². The number of hydrogen-bond acceptors (Lipinski definition) is 5. The number of thiazole rings is 1. The topological polar surface area (TPSA) is 88.2 Å². The molecule has 1 aromatic carbocycles. The van der Waals surface area contributed by atoms with Gasteiger partial charge in [0.15, 0.2) is 0 Å². The van der Waals surface area contributed by atoms with Gasteiger partial charge in [-0.1, -0.05) is 0 Å². The van der Waals surface area contributed by atoms with Crippen molar-refractivity contribution in [3.63, 3.8) is 0 Å². The van der Waals surface area contributed by atoms with Gasteiger partial charge in [0.1, 0.15) is 5.01 Å². The minimum absolute atomic E-state index is 0.139. The summed E-state index contributed by atoms with van der Waals surface area (Å²) in [6.45, 7) is 1.89. The highest BCUT2D eigenvalue weighted by atomic mass is 32.1. The summed E-state index contributed by atoms with van der Waals surface area (Å²) in [4.78, 5) is 16.1. The SMILES string of the molecule is CC(O)CNC(=O)Cc1csc(-c2ccc(N)cc2)n1. The number of benzene rings is 1. The fourth-order valence-electron chi connectivity index (χ4n) is 1.63. The molecule has 0 aliphatic rings. The number of aromatic nitrogens is 1. The lowest BCUT2D eigenvalue weighted by Gasteiger charge is -2.05. The quantitative estimate of drug-likeness (QED) is 0.727. The number of nitrogens with two attached hydrogens (primary N) is 1. The third kappa shape index (κ3) is 4.04. The zero-order valence-corrected chi connectivity index (χ0v) is 12.0. The molecule has 2 rings (SSSR count). The number of amides is 1. The van der Waals surface area contributed by atoms with E-state index in [0.717, 1.165) is 16.3 Å². The van der Waals surface area contributed by atoms with E-state index in [1.54, 1.807) is 6.92 Å². The number of aliphatic hydroxyl groups is 1. The van der Waals surface area contributed by atoms with E-state index >= 15 is 0 Å². The smallest absolute Gasteiger partial charge is 0.226 e. The number of carbonyl (C=O) groups is 1.